The number of fused-ring (bicyclic) bond motifs is 2. The third kappa shape index (κ3) is 3.76. The number of benzene rings is 3. The third-order valence-corrected chi connectivity index (χ3v) is 5.49. The van der Waals surface area contributed by atoms with Gasteiger partial charge in [-0.1, -0.05) is 18.2 Å². The van der Waals surface area contributed by atoms with Gasteiger partial charge in [0.2, 0.25) is 11.8 Å². The van der Waals surface area contributed by atoms with E-state index in [0.717, 1.165) is 16.6 Å². The van der Waals surface area contributed by atoms with Crippen molar-refractivity contribution in [1.82, 2.24) is 9.55 Å². The molecule has 8 heteroatoms. The van der Waals surface area contributed by atoms with Crippen molar-refractivity contribution >= 4 is 46.0 Å². The van der Waals surface area contributed by atoms with Gasteiger partial charge in [-0.2, -0.15) is 0 Å². The van der Waals surface area contributed by atoms with Crippen LogP contribution in [0.1, 0.15) is 12.0 Å². The number of aryl methyl sites for hydroxylation is 2. The van der Waals surface area contributed by atoms with Crippen molar-refractivity contribution in [2.24, 2.45) is 0 Å². The second-order valence-electron chi connectivity index (χ2n) is 7.51. The molecule has 0 saturated carbocycles. The first-order valence-electron chi connectivity index (χ1n) is 10.1. The van der Waals surface area contributed by atoms with Gasteiger partial charge in [0.05, 0.1) is 11.1 Å². The van der Waals surface area contributed by atoms with Gasteiger partial charge in [-0.15, -0.1) is 0 Å². The zero-order chi connectivity index (χ0) is 22.2. The smallest absolute Gasteiger partial charge is 0.269 e. The lowest BCUT2D eigenvalue weighted by atomic mass is 10.1. The minimum absolute atomic E-state index is 0.0332. The minimum Gasteiger partial charge on any atom is -0.507 e. The average molecular weight is 446 g/mol. The first-order valence-corrected chi connectivity index (χ1v) is 10.5. The number of carbonyl (C=O) groups is 1. The molecule has 5 rings (SSSR count). The molecule has 160 valence electrons. The number of hydrogen-bond donors (Lipinski definition) is 2. The Balaban J connectivity index is 1.30. The number of amides is 1. The fraction of sp³-hybridized carbons (Fsp3) is 0.125. The van der Waals surface area contributed by atoms with E-state index in [1.165, 1.54) is 6.07 Å². The molecule has 2 heterocycles. The van der Waals surface area contributed by atoms with Crippen molar-refractivity contribution in [3.8, 4) is 17.2 Å². The summed E-state index contributed by atoms with van der Waals surface area (Å²) in [6.45, 7) is 2.36. The second kappa shape index (κ2) is 7.97. The lowest BCUT2D eigenvalue weighted by Crippen LogP contribution is -2.14. The van der Waals surface area contributed by atoms with Crippen LogP contribution in [0.2, 0.25) is 0 Å². The number of nitrogens with one attached hydrogen (secondary N) is 1. The van der Waals surface area contributed by atoms with E-state index < -0.39 is 0 Å². The van der Waals surface area contributed by atoms with Gasteiger partial charge in [-0.3, -0.25) is 9.36 Å². The highest BCUT2D eigenvalue weighted by atomic mass is 32.1. The van der Waals surface area contributed by atoms with Crippen LogP contribution in [-0.4, -0.2) is 20.6 Å². The predicted molar refractivity (Wildman–Crippen MR) is 124 cm³/mol. The van der Waals surface area contributed by atoms with E-state index in [1.54, 1.807) is 16.7 Å². The van der Waals surface area contributed by atoms with Crippen LogP contribution in [0.4, 0.5) is 5.69 Å². The summed E-state index contributed by atoms with van der Waals surface area (Å²) in [4.78, 5) is 17.2. The fourth-order valence-electron chi connectivity index (χ4n) is 3.61. The molecule has 0 saturated heterocycles. The Morgan fingerprint density at radius 3 is 2.78 bits per heavy atom. The van der Waals surface area contributed by atoms with Crippen LogP contribution in [0.15, 0.2) is 69.5 Å². The zero-order valence-corrected chi connectivity index (χ0v) is 18.0. The average Bonchev–Trinajstić information content (AvgIpc) is 3.31. The number of para-hydroxylation sites is 2. The number of carbonyl (C=O) groups excluding carboxylic acids is 1. The molecular weight excluding hydrogens is 426 g/mol. The van der Waals surface area contributed by atoms with Crippen LogP contribution in [0.3, 0.4) is 0 Å². The number of aromatic hydroxyl groups is 1. The van der Waals surface area contributed by atoms with Crippen molar-refractivity contribution in [2.75, 3.05) is 5.32 Å². The molecule has 2 aromatic heterocycles. The molecule has 0 unspecified atom stereocenters. The molecule has 5 aromatic rings. The second-order valence-corrected chi connectivity index (χ2v) is 7.86. The topological polar surface area (TPSA) is 93.4 Å². The number of hydrogen-bond acceptors (Lipinski definition) is 6. The van der Waals surface area contributed by atoms with Crippen molar-refractivity contribution in [3.63, 3.8) is 0 Å². The monoisotopic (exact) mass is 445 g/mol. The van der Waals surface area contributed by atoms with Crippen LogP contribution in [0.5, 0.6) is 5.75 Å². The number of nitrogens with zero attached hydrogens (tertiary/aromatic N) is 2. The maximum absolute atomic E-state index is 12.5. The SMILES string of the molecule is Cc1ccc2oc(-c3ccc(NC(=O)CCn4c(=S)oc5ccccc54)cc3O)nc2c1. The molecule has 0 aliphatic carbocycles. The number of phenols is 1. The standard InChI is InChI=1S/C24H19N3O4S/c1-14-6-9-20-17(12-14)26-23(30-20)16-8-7-15(13-19(16)28)25-22(29)10-11-27-18-4-2-3-5-21(18)31-24(27)32/h2-9,12-13,28H,10-11H2,1H3,(H,25,29). The van der Waals surface area contributed by atoms with E-state index in [0.29, 0.717) is 39.7 Å². The van der Waals surface area contributed by atoms with Crippen LogP contribution in [0.25, 0.3) is 33.7 Å². The van der Waals surface area contributed by atoms with E-state index in [4.69, 9.17) is 21.1 Å². The molecule has 32 heavy (non-hydrogen) atoms. The predicted octanol–water partition coefficient (Wildman–Crippen LogP) is 5.81. The molecule has 0 spiro atoms. The first-order chi connectivity index (χ1) is 15.5. The maximum atomic E-state index is 12.5. The molecule has 0 radical (unpaired) electrons. The summed E-state index contributed by atoms with van der Waals surface area (Å²) in [5.41, 5.74) is 4.91. The Kier molecular flexibility index (Phi) is 4.99. The van der Waals surface area contributed by atoms with Crippen LogP contribution in [-0.2, 0) is 11.3 Å². The first kappa shape index (κ1) is 20.0. The lowest BCUT2D eigenvalue weighted by Gasteiger charge is -2.08. The summed E-state index contributed by atoms with van der Waals surface area (Å²) < 4.78 is 13.1. The highest BCUT2D eigenvalue weighted by Crippen LogP contribution is 2.33. The maximum Gasteiger partial charge on any atom is 0.269 e. The van der Waals surface area contributed by atoms with Gasteiger partial charge in [0.25, 0.3) is 4.84 Å². The van der Waals surface area contributed by atoms with E-state index in [9.17, 15) is 9.90 Å². The van der Waals surface area contributed by atoms with Gasteiger partial charge < -0.3 is 19.3 Å². The molecule has 0 aliphatic heterocycles. The fourth-order valence-corrected chi connectivity index (χ4v) is 3.88. The molecule has 0 aliphatic rings. The molecule has 1 amide bonds. The highest BCUT2D eigenvalue weighted by Gasteiger charge is 2.14. The van der Waals surface area contributed by atoms with Gasteiger partial charge in [-0.25, -0.2) is 4.98 Å². The largest absolute Gasteiger partial charge is 0.507 e. The number of phenolic OH excluding ortho intramolecular Hbond substituents is 1. The van der Waals surface area contributed by atoms with Crippen LogP contribution >= 0.6 is 12.2 Å². The number of rotatable bonds is 5. The molecule has 0 atom stereocenters. The molecule has 2 N–H and O–H groups in total. The summed E-state index contributed by atoms with van der Waals surface area (Å²) in [6.07, 6.45) is 0.199. The summed E-state index contributed by atoms with van der Waals surface area (Å²) >= 11 is 5.26. The summed E-state index contributed by atoms with van der Waals surface area (Å²) in [7, 11) is 0. The number of oxazole rings is 2. The molecule has 0 fully saturated rings. The van der Waals surface area contributed by atoms with E-state index >= 15 is 0 Å². The molecular formula is C24H19N3O4S. The van der Waals surface area contributed by atoms with Gasteiger partial charge in [0, 0.05) is 24.7 Å². The van der Waals surface area contributed by atoms with Crippen molar-refractivity contribution in [1.29, 1.82) is 0 Å². The molecule has 3 aromatic carbocycles. The zero-order valence-electron chi connectivity index (χ0n) is 17.2. The Labute approximate surface area is 187 Å². The molecule has 0 bridgehead atoms. The number of anilines is 1. The number of aromatic nitrogens is 2. The Morgan fingerprint density at radius 1 is 1.09 bits per heavy atom. The quantitative estimate of drug-likeness (QED) is 0.331. The van der Waals surface area contributed by atoms with Crippen molar-refractivity contribution in [3.05, 3.63) is 71.1 Å². The Hall–Kier alpha value is -3.91. The highest BCUT2D eigenvalue weighted by molar-refractivity contribution is 7.71. The Morgan fingerprint density at radius 2 is 1.94 bits per heavy atom. The van der Waals surface area contributed by atoms with Gasteiger partial charge in [0.1, 0.15) is 11.3 Å². The molecule has 7 nitrogen and oxygen atoms in total. The lowest BCUT2D eigenvalue weighted by molar-refractivity contribution is -0.116. The van der Waals surface area contributed by atoms with Crippen LogP contribution < -0.4 is 5.32 Å². The van der Waals surface area contributed by atoms with Crippen LogP contribution in [0, 0.1) is 11.8 Å². The summed E-state index contributed by atoms with van der Waals surface area (Å²) in [6, 6.07) is 18.1. The summed E-state index contributed by atoms with van der Waals surface area (Å²) in [5, 5.41) is 13.3. The Bertz CT molecular complexity index is 1530. The van der Waals surface area contributed by atoms with E-state index in [1.807, 2.05) is 49.4 Å². The normalized spacial score (nSPS) is 11.3. The summed E-state index contributed by atoms with van der Waals surface area (Å²) in [5.74, 6) is 0.0815. The van der Waals surface area contributed by atoms with Gasteiger partial charge in [0.15, 0.2) is 11.2 Å². The van der Waals surface area contributed by atoms with Gasteiger partial charge >= 0.3 is 0 Å². The van der Waals surface area contributed by atoms with E-state index in [-0.39, 0.29) is 18.1 Å². The van der Waals surface area contributed by atoms with E-state index in [2.05, 4.69) is 10.3 Å². The van der Waals surface area contributed by atoms with Crippen molar-refractivity contribution < 1.29 is 18.7 Å². The van der Waals surface area contributed by atoms with Crippen molar-refractivity contribution in [2.45, 2.75) is 19.9 Å². The third-order valence-electron chi connectivity index (χ3n) is 5.19. The van der Waals surface area contributed by atoms with Gasteiger partial charge in [-0.05, 0) is 61.1 Å². The minimum atomic E-state index is -0.207.